The molecule has 3 amide bonds. The normalized spacial score (nSPS) is 21.3. The molecule has 0 bridgehead atoms. The van der Waals surface area contributed by atoms with Crippen molar-refractivity contribution >= 4 is 11.9 Å². The number of aliphatic hydroxyl groups excluding tert-OH is 1. The number of nitrogens with zero attached hydrogens (tertiary/aromatic N) is 1. The second-order valence-corrected chi connectivity index (χ2v) is 5.96. The number of aliphatic hydroxyl groups is 1. The molecule has 24 heavy (non-hydrogen) atoms. The summed E-state index contributed by atoms with van der Waals surface area (Å²) in [5, 5.41) is 15.1. The number of amides is 3. The van der Waals surface area contributed by atoms with E-state index in [1.807, 2.05) is 31.2 Å². The van der Waals surface area contributed by atoms with Crippen LogP contribution in [0.2, 0.25) is 0 Å². The number of carbonyl (C=O) groups is 2. The SMILES string of the molecule is CCOc1ccc([C@@H]2NC(=O)NC3=C2C(=O)N(C[C@@H](C)O)C3)cc1. The van der Waals surface area contributed by atoms with Gasteiger partial charge in [-0.15, -0.1) is 0 Å². The predicted molar refractivity (Wildman–Crippen MR) is 87.3 cm³/mol. The van der Waals surface area contributed by atoms with E-state index in [0.717, 1.165) is 11.3 Å². The van der Waals surface area contributed by atoms with Gasteiger partial charge in [-0.2, -0.15) is 0 Å². The molecule has 0 spiro atoms. The first-order valence-electron chi connectivity index (χ1n) is 8.00. The quantitative estimate of drug-likeness (QED) is 0.748. The predicted octanol–water partition coefficient (Wildman–Crippen LogP) is 0.916. The number of hydrogen-bond donors (Lipinski definition) is 3. The van der Waals surface area contributed by atoms with E-state index >= 15 is 0 Å². The summed E-state index contributed by atoms with van der Waals surface area (Å²) in [6.45, 7) is 4.65. The van der Waals surface area contributed by atoms with Crippen molar-refractivity contribution in [3.05, 3.63) is 41.1 Å². The fourth-order valence-electron chi connectivity index (χ4n) is 3.07. The monoisotopic (exact) mass is 331 g/mol. The molecule has 2 atom stereocenters. The van der Waals surface area contributed by atoms with Gasteiger partial charge in [0.2, 0.25) is 0 Å². The van der Waals surface area contributed by atoms with Gasteiger partial charge < -0.3 is 25.4 Å². The first kappa shape index (κ1) is 16.3. The van der Waals surface area contributed by atoms with E-state index in [0.29, 0.717) is 24.4 Å². The first-order chi connectivity index (χ1) is 11.5. The number of benzene rings is 1. The Kier molecular flexibility index (Phi) is 4.44. The van der Waals surface area contributed by atoms with Gasteiger partial charge in [0.25, 0.3) is 5.91 Å². The van der Waals surface area contributed by atoms with Crippen molar-refractivity contribution in [2.24, 2.45) is 0 Å². The molecule has 2 heterocycles. The van der Waals surface area contributed by atoms with Crippen LogP contribution in [0.15, 0.2) is 35.5 Å². The van der Waals surface area contributed by atoms with Gasteiger partial charge in [-0.25, -0.2) is 4.79 Å². The van der Waals surface area contributed by atoms with Crippen molar-refractivity contribution in [2.45, 2.75) is 26.0 Å². The zero-order chi connectivity index (χ0) is 17.3. The molecule has 0 saturated carbocycles. The molecule has 128 valence electrons. The summed E-state index contributed by atoms with van der Waals surface area (Å²) < 4.78 is 5.42. The van der Waals surface area contributed by atoms with Gasteiger partial charge >= 0.3 is 6.03 Å². The fourth-order valence-corrected chi connectivity index (χ4v) is 3.07. The average molecular weight is 331 g/mol. The highest BCUT2D eigenvalue weighted by Crippen LogP contribution is 2.33. The van der Waals surface area contributed by atoms with Crippen LogP contribution in [0, 0.1) is 0 Å². The number of carbonyl (C=O) groups excluding carboxylic acids is 2. The van der Waals surface area contributed by atoms with Crippen LogP contribution in [0.25, 0.3) is 0 Å². The van der Waals surface area contributed by atoms with Gasteiger partial charge in [-0.05, 0) is 31.5 Å². The molecule has 0 saturated heterocycles. The Hall–Kier alpha value is -2.54. The van der Waals surface area contributed by atoms with Crippen molar-refractivity contribution in [1.29, 1.82) is 0 Å². The molecule has 0 aliphatic carbocycles. The third kappa shape index (κ3) is 3.07. The number of β-amino-alcohol motifs (C(OH)–C–C–N with tert-alkyl or cyclic N) is 1. The van der Waals surface area contributed by atoms with Crippen LogP contribution >= 0.6 is 0 Å². The lowest BCUT2D eigenvalue weighted by Gasteiger charge is -2.25. The van der Waals surface area contributed by atoms with E-state index in [4.69, 9.17) is 4.74 Å². The summed E-state index contributed by atoms with van der Waals surface area (Å²) in [5.74, 6) is 0.571. The van der Waals surface area contributed by atoms with Crippen LogP contribution in [0.3, 0.4) is 0 Å². The molecule has 7 heteroatoms. The zero-order valence-electron chi connectivity index (χ0n) is 13.7. The maximum absolute atomic E-state index is 12.7. The Bertz CT molecular complexity index is 682. The second kappa shape index (κ2) is 6.52. The van der Waals surface area contributed by atoms with Gasteiger partial charge in [-0.1, -0.05) is 12.1 Å². The van der Waals surface area contributed by atoms with Crippen LogP contribution < -0.4 is 15.4 Å². The Morgan fingerprint density at radius 3 is 2.67 bits per heavy atom. The Labute approximate surface area is 140 Å². The molecule has 0 aromatic heterocycles. The van der Waals surface area contributed by atoms with E-state index in [2.05, 4.69) is 10.6 Å². The number of nitrogens with one attached hydrogen (secondary N) is 2. The van der Waals surface area contributed by atoms with Crippen LogP contribution in [0.1, 0.15) is 25.5 Å². The number of rotatable bonds is 5. The number of urea groups is 1. The van der Waals surface area contributed by atoms with E-state index in [1.54, 1.807) is 11.8 Å². The molecule has 7 nitrogen and oxygen atoms in total. The summed E-state index contributed by atoms with van der Waals surface area (Å²) in [7, 11) is 0. The molecule has 1 aromatic carbocycles. The van der Waals surface area contributed by atoms with E-state index in [1.165, 1.54) is 0 Å². The van der Waals surface area contributed by atoms with Crippen LogP contribution in [-0.4, -0.2) is 47.7 Å². The highest BCUT2D eigenvalue weighted by molar-refractivity contribution is 6.01. The molecule has 1 aromatic rings. The molecule has 3 N–H and O–H groups in total. The standard InChI is InChI=1S/C17H21N3O4/c1-3-24-12-6-4-11(5-7-12)15-14-13(18-17(23)19-15)9-20(16(14)22)8-10(2)21/h4-7,10,15,21H,3,8-9H2,1-2H3,(H2,18,19,23)/t10-,15+/m1/s1. The van der Waals surface area contributed by atoms with Crippen molar-refractivity contribution in [3.63, 3.8) is 0 Å². The molecular formula is C17H21N3O4. The molecule has 2 aliphatic heterocycles. The van der Waals surface area contributed by atoms with Crippen molar-refractivity contribution in [1.82, 2.24) is 15.5 Å². The van der Waals surface area contributed by atoms with Gasteiger partial charge in [0.1, 0.15) is 5.75 Å². The Balaban J connectivity index is 1.88. The lowest BCUT2D eigenvalue weighted by molar-refractivity contribution is -0.126. The summed E-state index contributed by atoms with van der Waals surface area (Å²) in [6.07, 6.45) is -0.622. The molecule has 3 rings (SSSR count). The average Bonchev–Trinajstić information content (AvgIpc) is 2.83. The maximum atomic E-state index is 12.7. The van der Waals surface area contributed by atoms with Gasteiger partial charge in [-0.3, -0.25) is 4.79 Å². The van der Waals surface area contributed by atoms with Crippen molar-refractivity contribution in [2.75, 3.05) is 19.7 Å². The minimum absolute atomic E-state index is 0.169. The minimum Gasteiger partial charge on any atom is -0.494 e. The first-order valence-corrected chi connectivity index (χ1v) is 8.00. The number of ether oxygens (including phenoxy) is 1. The molecule has 0 unspecified atom stereocenters. The molecular weight excluding hydrogens is 310 g/mol. The lowest BCUT2D eigenvalue weighted by atomic mass is 9.96. The van der Waals surface area contributed by atoms with Crippen LogP contribution in [-0.2, 0) is 4.79 Å². The smallest absolute Gasteiger partial charge is 0.319 e. The fraction of sp³-hybridized carbons (Fsp3) is 0.412. The third-order valence-electron chi connectivity index (χ3n) is 4.03. The summed E-state index contributed by atoms with van der Waals surface area (Å²) in [4.78, 5) is 26.2. The van der Waals surface area contributed by atoms with Crippen molar-refractivity contribution < 1.29 is 19.4 Å². The third-order valence-corrected chi connectivity index (χ3v) is 4.03. The minimum atomic E-state index is -0.622. The van der Waals surface area contributed by atoms with E-state index in [-0.39, 0.29) is 18.5 Å². The highest BCUT2D eigenvalue weighted by Gasteiger charge is 2.40. The molecule has 0 radical (unpaired) electrons. The largest absolute Gasteiger partial charge is 0.494 e. The Morgan fingerprint density at radius 1 is 1.33 bits per heavy atom. The van der Waals surface area contributed by atoms with Gasteiger partial charge in [0.15, 0.2) is 0 Å². The summed E-state index contributed by atoms with van der Waals surface area (Å²) >= 11 is 0. The molecule has 0 fully saturated rings. The van der Waals surface area contributed by atoms with Crippen LogP contribution in [0.5, 0.6) is 5.75 Å². The topological polar surface area (TPSA) is 90.9 Å². The zero-order valence-corrected chi connectivity index (χ0v) is 13.7. The Morgan fingerprint density at radius 2 is 2.04 bits per heavy atom. The highest BCUT2D eigenvalue weighted by atomic mass is 16.5. The second-order valence-electron chi connectivity index (χ2n) is 5.96. The van der Waals surface area contributed by atoms with Gasteiger partial charge in [0.05, 0.1) is 36.6 Å². The number of hydrogen-bond acceptors (Lipinski definition) is 4. The maximum Gasteiger partial charge on any atom is 0.319 e. The summed E-state index contributed by atoms with van der Waals surface area (Å²) in [5.41, 5.74) is 1.94. The molecule has 2 aliphatic rings. The lowest BCUT2D eigenvalue weighted by Crippen LogP contribution is -2.44. The van der Waals surface area contributed by atoms with Crippen LogP contribution in [0.4, 0.5) is 4.79 Å². The summed E-state index contributed by atoms with van der Waals surface area (Å²) in [6, 6.07) is 6.49. The van der Waals surface area contributed by atoms with E-state index < -0.39 is 12.1 Å². The van der Waals surface area contributed by atoms with Crippen molar-refractivity contribution in [3.8, 4) is 5.75 Å². The van der Waals surface area contributed by atoms with Gasteiger partial charge in [0, 0.05) is 6.54 Å². The van der Waals surface area contributed by atoms with E-state index in [9.17, 15) is 14.7 Å².